The van der Waals surface area contributed by atoms with E-state index in [1.54, 1.807) is 36.7 Å². The summed E-state index contributed by atoms with van der Waals surface area (Å²) in [7, 11) is 0. The van der Waals surface area contributed by atoms with Crippen LogP contribution in [0.4, 0.5) is 5.69 Å². The molecule has 0 fully saturated rings. The van der Waals surface area contributed by atoms with Gasteiger partial charge in [0.05, 0.1) is 28.9 Å². The normalized spacial score (nSPS) is 12.6. The molecule has 2 aromatic carbocycles. The van der Waals surface area contributed by atoms with E-state index in [-0.39, 0.29) is 34.5 Å². The van der Waals surface area contributed by atoms with Gasteiger partial charge in [0, 0.05) is 18.0 Å². The molecule has 0 saturated heterocycles. The molecule has 8 heteroatoms. The smallest absolute Gasteiger partial charge is 0.337 e. The number of para-hydroxylation sites is 1. The lowest BCUT2D eigenvalue weighted by molar-refractivity contribution is 0.0639. The van der Waals surface area contributed by atoms with E-state index in [4.69, 9.17) is 0 Å². The molecule has 3 aromatic rings. The van der Waals surface area contributed by atoms with Gasteiger partial charge >= 0.3 is 5.97 Å². The second-order valence-electron chi connectivity index (χ2n) is 6.62. The first kappa shape index (κ1) is 19.0. The van der Waals surface area contributed by atoms with Crippen molar-refractivity contribution in [3.63, 3.8) is 0 Å². The Hall–Kier alpha value is -4.33. The number of nitrogens with one attached hydrogen (secondary N) is 1. The fraction of sp³-hybridized carbons (Fsp3) is 0.0455. The number of fused-ring (bicyclic) bond motifs is 1. The van der Waals surface area contributed by atoms with Crippen LogP contribution in [0.1, 0.15) is 47.0 Å². The summed E-state index contributed by atoms with van der Waals surface area (Å²) in [4.78, 5) is 54.4. The van der Waals surface area contributed by atoms with Crippen LogP contribution in [0, 0.1) is 0 Å². The van der Waals surface area contributed by atoms with E-state index in [9.17, 15) is 24.3 Å². The van der Waals surface area contributed by atoms with Crippen LogP contribution in [0.25, 0.3) is 0 Å². The van der Waals surface area contributed by atoms with Crippen LogP contribution in [0.15, 0.2) is 67.0 Å². The van der Waals surface area contributed by atoms with Gasteiger partial charge in [0.15, 0.2) is 0 Å². The van der Waals surface area contributed by atoms with Crippen molar-refractivity contribution in [2.24, 2.45) is 0 Å². The molecule has 0 spiro atoms. The van der Waals surface area contributed by atoms with Gasteiger partial charge in [0.1, 0.15) is 0 Å². The van der Waals surface area contributed by atoms with Crippen molar-refractivity contribution in [2.75, 3.05) is 5.32 Å². The highest BCUT2D eigenvalue weighted by Crippen LogP contribution is 2.26. The third-order valence-electron chi connectivity index (χ3n) is 4.70. The Kier molecular flexibility index (Phi) is 4.81. The zero-order valence-electron chi connectivity index (χ0n) is 15.5. The number of pyridine rings is 1. The average molecular weight is 401 g/mol. The topological polar surface area (TPSA) is 117 Å². The first-order chi connectivity index (χ1) is 14.5. The molecular formula is C22H15N3O5. The summed E-state index contributed by atoms with van der Waals surface area (Å²) < 4.78 is 0. The molecule has 30 heavy (non-hydrogen) atoms. The van der Waals surface area contributed by atoms with Crippen molar-refractivity contribution in [2.45, 2.75) is 6.54 Å². The number of carboxylic acids is 1. The lowest BCUT2D eigenvalue weighted by atomic mass is 10.0. The van der Waals surface area contributed by atoms with Gasteiger partial charge in [-0.3, -0.25) is 24.3 Å². The minimum atomic E-state index is -1.17. The molecule has 2 N–H and O–H groups in total. The highest BCUT2D eigenvalue weighted by molar-refractivity contribution is 6.22. The van der Waals surface area contributed by atoms with Crippen LogP contribution in [0.3, 0.4) is 0 Å². The Morgan fingerprint density at radius 3 is 2.47 bits per heavy atom. The largest absolute Gasteiger partial charge is 0.478 e. The van der Waals surface area contributed by atoms with Gasteiger partial charge in [-0.15, -0.1) is 0 Å². The number of anilines is 1. The molecular weight excluding hydrogens is 386 g/mol. The van der Waals surface area contributed by atoms with Gasteiger partial charge in [-0.05, 0) is 42.0 Å². The zero-order chi connectivity index (χ0) is 21.3. The van der Waals surface area contributed by atoms with Crippen LogP contribution >= 0.6 is 0 Å². The maximum absolute atomic E-state index is 12.8. The SMILES string of the molecule is O=C(Nc1ccccc1C(=O)O)c1ccc2c(c1)C(=O)N(Cc1cccnc1)C2=O. The summed E-state index contributed by atoms with van der Waals surface area (Å²) in [6, 6.07) is 13.7. The highest BCUT2D eigenvalue weighted by atomic mass is 16.4. The monoisotopic (exact) mass is 401 g/mol. The lowest BCUT2D eigenvalue weighted by Gasteiger charge is -2.13. The summed E-state index contributed by atoms with van der Waals surface area (Å²) >= 11 is 0. The fourth-order valence-electron chi connectivity index (χ4n) is 3.22. The second kappa shape index (κ2) is 7.59. The predicted octanol–water partition coefficient (Wildman–Crippen LogP) is 2.83. The summed E-state index contributed by atoms with van der Waals surface area (Å²) in [5.41, 5.74) is 1.26. The maximum Gasteiger partial charge on any atom is 0.337 e. The zero-order valence-corrected chi connectivity index (χ0v) is 15.5. The molecule has 1 aliphatic rings. The van der Waals surface area contributed by atoms with Crippen molar-refractivity contribution in [3.05, 3.63) is 94.8 Å². The molecule has 1 aliphatic heterocycles. The number of carboxylic acid groups (broad SMARTS) is 1. The van der Waals surface area contributed by atoms with Crippen molar-refractivity contribution in [3.8, 4) is 0 Å². The molecule has 8 nitrogen and oxygen atoms in total. The van der Waals surface area contributed by atoms with Gasteiger partial charge in [0.2, 0.25) is 0 Å². The number of carbonyl (C=O) groups excluding carboxylic acids is 3. The molecule has 4 rings (SSSR count). The van der Waals surface area contributed by atoms with E-state index in [1.807, 2.05) is 0 Å². The van der Waals surface area contributed by atoms with Crippen molar-refractivity contribution in [1.29, 1.82) is 0 Å². The maximum atomic E-state index is 12.8. The summed E-state index contributed by atoms with van der Waals surface area (Å²) in [6.45, 7) is 0.0771. The van der Waals surface area contributed by atoms with E-state index in [1.165, 1.54) is 30.3 Å². The van der Waals surface area contributed by atoms with Gasteiger partial charge in [-0.25, -0.2) is 4.79 Å². The van der Waals surface area contributed by atoms with E-state index in [0.717, 1.165) is 4.90 Å². The van der Waals surface area contributed by atoms with Crippen LogP contribution in [0.2, 0.25) is 0 Å². The third-order valence-corrected chi connectivity index (χ3v) is 4.70. The Morgan fingerprint density at radius 1 is 0.967 bits per heavy atom. The first-order valence-corrected chi connectivity index (χ1v) is 8.98. The van der Waals surface area contributed by atoms with Gasteiger partial charge < -0.3 is 10.4 Å². The number of benzene rings is 2. The van der Waals surface area contributed by atoms with Crippen LogP contribution in [0.5, 0.6) is 0 Å². The number of nitrogens with zero attached hydrogens (tertiary/aromatic N) is 2. The van der Waals surface area contributed by atoms with E-state index in [0.29, 0.717) is 5.56 Å². The van der Waals surface area contributed by atoms with Gasteiger partial charge in [-0.2, -0.15) is 0 Å². The standard InChI is InChI=1S/C22H15N3O5/c26-19(24-18-6-2-1-5-16(18)22(29)30)14-7-8-15-17(10-14)21(28)25(20(15)27)12-13-4-3-9-23-11-13/h1-11H,12H2,(H,24,26)(H,29,30). The van der Waals surface area contributed by atoms with Gasteiger partial charge in [-0.1, -0.05) is 18.2 Å². The average Bonchev–Trinajstić information content (AvgIpc) is 2.99. The number of aromatic nitrogens is 1. The molecule has 0 saturated carbocycles. The summed E-state index contributed by atoms with van der Waals surface area (Å²) in [5.74, 6) is -2.70. The molecule has 0 atom stereocenters. The Balaban J connectivity index is 1.59. The number of amides is 3. The Labute approximate surface area is 170 Å². The molecule has 0 radical (unpaired) electrons. The van der Waals surface area contributed by atoms with E-state index >= 15 is 0 Å². The first-order valence-electron chi connectivity index (χ1n) is 8.98. The van der Waals surface area contributed by atoms with E-state index < -0.39 is 23.7 Å². The predicted molar refractivity (Wildman–Crippen MR) is 106 cm³/mol. The highest BCUT2D eigenvalue weighted by Gasteiger charge is 2.36. The quantitative estimate of drug-likeness (QED) is 0.635. The Bertz CT molecular complexity index is 1190. The fourth-order valence-corrected chi connectivity index (χ4v) is 3.22. The van der Waals surface area contributed by atoms with Crippen molar-refractivity contribution in [1.82, 2.24) is 9.88 Å². The molecule has 3 amide bonds. The second-order valence-corrected chi connectivity index (χ2v) is 6.62. The van der Waals surface area contributed by atoms with Crippen LogP contribution in [-0.4, -0.2) is 38.7 Å². The molecule has 0 unspecified atom stereocenters. The lowest BCUT2D eigenvalue weighted by Crippen LogP contribution is -2.29. The number of imide groups is 1. The number of hydrogen-bond donors (Lipinski definition) is 2. The number of aromatic carboxylic acids is 1. The van der Waals surface area contributed by atoms with Crippen LogP contribution < -0.4 is 5.32 Å². The summed E-state index contributed by atoms with van der Waals surface area (Å²) in [5, 5.41) is 11.8. The van der Waals surface area contributed by atoms with Crippen LogP contribution in [-0.2, 0) is 6.54 Å². The third kappa shape index (κ3) is 3.42. The van der Waals surface area contributed by atoms with Crippen molar-refractivity contribution < 1.29 is 24.3 Å². The van der Waals surface area contributed by atoms with Gasteiger partial charge in [0.25, 0.3) is 17.7 Å². The molecule has 148 valence electrons. The van der Waals surface area contributed by atoms with E-state index in [2.05, 4.69) is 10.3 Å². The molecule has 0 bridgehead atoms. The number of rotatable bonds is 5. The molecule has 1 aromatic heterocycles. The molecule has 2 heterocycles. The van der Waals surface area contributed by atoms with Crippen molar-refractivity contribution >= 4 is 29.4 Å². The summed E-state index contributed by atoms with van der Waals surface area (Å²) in [6.07, 6.45) is 3.17. The number of carbonyl (C=O) groups is 4. The Morgan fingerprint density at radius 2 is 1.73 bits per heavy atom. The molecule has 0 aliphatic carbocycles. The minimum Gasteiger partial charge on any atom is -0.478 e. The number of hydrogen-bond acceptors (Lipinski definition) is 5. The minimum absolute atomic E-state index is 0.0547.